The maximum atomic E-state index is 13.5. The van der Waals surface area contributed by atoms with Gasteiger partial charge in [-0.05, 0) is 55.6 Å². The second kappa shape index (κ2) is 10.00. The molecule has 0 aliphatic rings. The molecule has 4 heteroatoms. The Morgan fingerprint density at radius 3 is 1.59 bits per heavy atom. The van der Waals surface area contributed by atoms with Crippen molar-refractivity contribution in [1.29, 1.82) is 0 Å². The Labute approximate surface area is 198 Å². The van der Waals surface area contributed by atoms with E-state index in [1.54, 1.807) is 0 Å². The third-order valence-electron chi connectivity index (χ3n) is 5.47. The van der Waals surface area contributed by atoms with E-state index in [4.69, 9.17) is 0 Å². The smallest absolute Gasteiger partial charge is 0.100 e. The lowest BCUT2D eigenvalue weighted by Gasteiger charge is -2.41. The van der Waals surface area contributed by atoms with Crippen LogP contribution in [0.1, 0.15) is 53.1 Å². The minimum atomic E-state index is -1.13. The normalized spacial score (nSPS) is 14.5. The monoisotopic (exact) mass is 465 g/mol. The highest BCUT2D eigenvalue weighted by atomic mass is 32.2. The molecule has 0 fully saturated rings. The van der Waals surface area contributed by atoms with Crippen molar-refractivity contribution in [3.05, 3.63) is 90.5 Å². The molecule has 170 valence electrons. The molecule has 1 unspecified atom stereocenters. The van der Waals surface area contributed by atoms with E-state index < -0.39 is 18.9 Å². The highest BCUT2D eigenvalue weighted by molar-refractivity contribution is 7.84. The summed E-state index contributed by atoms with van der Waals surface area (Å²) in [6.45, 7) is 12.9. The van der Waals surface area contributed by atoms with Crippen molar-refractivity contribution in [3.63, 3.8) is 0 Å². The molecule has 2 nitrogen and oxygen atoms in total. The molecule has 3 aromatic rings. The summed E-state index contributed by atoms with van der Waals surface area (Å²) in [5, 5.41) is 3.99. The van der Waals surface area contributed by atoms with Gasteiger partial charge in [0, 0.05) is 7.05 Å². The maximum Gasteiger partial charge on any atom is 0.100 e. The van der Waals surface area contributed by atoms with Gasteiger partial charge >= 0.3 is 0 Å². The topological polar surface area (TPSA) is 20.3 Å². The Kier molecular flexibility index (Phi) is 7.76. The lowest BCUT2D eigenvalue weighted by Crippen LogP contribution is -2.43. The zero-order valence-electron chi connectivity index (χ0n) is 20.4. The highest BCUT2D eigenvalue weighted by Gasteiger charge is 2.38. The highest BCUT2D eigenvalue weighted by Crippen LogP contribution is 2.43. The molecule has 0 radical (unpaired) electrons. The maximum absolute atomic E-state index is 13.5. The average molecular weight is 466 g/mol. The zero-order chi connectivity index (χ0) is 23.5. The minimum Gasteiger partial charge on any atom is -0.242 e. The van der Waals surface area contributed by atoms with Crippen LogP contribution in [-0.4, -0.2) is 20.3 Å². The van der Waals surface area contributed by atoms with Crippen LogP contribution in [0.2, 0.25) is 0 Å². The van der Waals surface area contributed by atoms with Gasteiger partial charge in [-0.1, -0.05) is 106 Å². The fourth-order valence-electron chi connectivity index (χ4n) is 4.24. The largest absolute Gasteiger partial charge is 0.242 e. The van der Waals surface area contributed by atoms with Crippen LogP contribution >= 0.6 is 7.92 Å². The van der Waals surface area contributed by atoms with Crippen LogP contribution in [-0.2, 0) is 11.0 Å². The van der Waals surface area contributed by atoms with Crippen LogP contribution in [0.15, 0.2) is 84.9 Å². The molecule has 3 aromatic carbocycles. The Morgan fingerprint density at radius 1 is 0.719 bits per heavy atom. The lowest BCUT2D eigenvalue weighted by molar-refractivity contribution is 0.207. The fraction of sp³-hybridized carbons (Fsp3) is 0.357. The first kappa shape index (κ1) is 24.8. The number of rotatable bonds is 6. The van der Waals surface area contributed by atoms with Crippen molar-refractivity contribution >= 4 is 34.8 Å². The molecule has 0 aliphatic carbocycles. The van der Waals surface area contributed by atoms with E-state index in [1.165, 1.54) is 21.5 Å². The lowest BCUT2D eigenvalue weighted by atomic mass is 9.82. The van der Waals surface area contributed by atoms with E-state index in [2.05, 4.69) is 110 Å². The first-order chi connectivity index (χ1) is 15.0. The van der Waals surface area contributed by atoms with Crippen molar-refractivity contribution in [2.45, 2.75) is 52.3 Å². The summed E-state index contributed by atoms with van der Waals surface area (Å²) in [6, 6.07) is 30.4. The van der Waals surface area contributed by atoms with Gasteiger partial charge in [0.05, 0.1) is 10.8 Å². The second-order valence-corrected chi connectivity index (χ2v) is 14.7. The standard InChI is InChI=1S/C28H36NOPS/c1-27(2,3)26(29(7)32(30)28(4,5)6)24-20-14-15-21-25(24)31(22-16-10-8-11-17-22)23-18-12-9-13-19-23/h8-21,26H,1-7H3/t26?,32-/m0/s1. The average Bonchev–Trinajstić information content (AvgIpc) is 2.74. The third kappa shape index (κ3) is 5.57. The number of hydrogen-bond acceptors (Lipinski definition) is 1. The van der Waals surface area contributed by atoms with Gasteiger partial charge in [-0.25, -0.2) is 8.51 Å². The molecule has 0 bridgehead atoms. The molecular formula is C28H36NOPS. The van der Waals surface area contributed by atoms with Crippen LogP contribution in [0.3, 0.4) is 0 Å². The summed E-state index contributed by atoms with van der Waals surface area (Å²) in [5.74, 6) is 0. The van der Waals surface area contributed by atoms with Gasteiger partial charge in [0.15, 0.2) is 0 Å². The first-order valence-corrected chi connectivity index (χ1v) is 13.6. The molecular weight excluding hydrogens is 429 g/mol. The second-order valence-electron chi connectivity index (χ2n) is 10.2. The van der Waals surface area contributed by atoms with Gasteiger partial charge in [-0.15, -0.1) is 0 Å². The van der Waals surface area contributed by atoms with Crippen molar-refractivity contribution < 1.29 is 4.21 Å². The van der Waals surface area contributed by atoms with Gasteiger partial charge in [0.2, 0.25) is 0 Å². The molecule has 0 saturated carbocycles. The van der Waals surface area contributed by atoms with Crippen molar-refractivity contribution in [3.8, 4) is 0 Å². The molecule has 3 rings (SSSR count). The van der Waals surface area contributed by atoms with E-state index >= 15 is 0 Å². The Balaban J connectivity index is 2.23. The van der Waals surface area contributed by atoms with Gasteiger partial charge in [0.25, 0.3) is 0 Å². The van der Waals surface area contributed by atoms with E-state index in [0.717, 1.165) is 0 Å². The van der Waals surface area contributed by atoms with Crippen LogP contribution in [0.5, 0.6) is 0 Å². The SMILES string of the molecule is CN(C(c1ccccc1P(c1ccccc1)c1ccccc1)C(C)(C)C)[S@@](=O)C(C)(C)C. The Bertz CT molecular complexity index is 999. The molecule has 0 aromatic heterocycles. The fourth-order valence-corrected chi connectivity index (χ4v) is 8.21. The van der Waals surface area contributed by atoms with E-state index in [-0.39, 0.29) is 16.2 Å². The first-order valence-electron chi connectivity index (χ1n) is 11.2. The van der Waals surface area contributed by atoms with Crippen LogP contribution in [0, 0.1) is 5.41 Å². The van der Waals surface area contributed by atoms with Gasteiger partial charge in [-0.3, -0.25) is 0 Å². The number of benzene rings is 3. The van der Waals surface area contributed by atoms with E-state index in [9.17, 15) is 4.21 Å². The van der Waals surface area contributed by atoms with Gasteiger partial charge in [0.1, 0.15) is 11.0 Å². The number of nitrogens with zero attached hydrogens (tertiary/aromatic N) is 1. The third-order valence-corrected chi connectivity index (χ3v) is 9.77. The summed E-state index contributed by atoms with van der Waals surface area (Å²) in [5.41, 5.74) is 1.17. The summed E-state index contributed by atoms with van der Waals surface area (Å²) in [4.78, 5) is 0. The quantitative estimate of drug-likeness (QED) is 0.414. The Hall–Kier alpha value is -1.80. The molecule has 0 aliphatic heterocycles. The van der Waals surface area contributed by atoms with E-state index in [1.807, 2.05) is 27.8 Å². The molecule has 0 N–H and O–H groups in total. The zero-order valence-corrected chi connectivity index (χ0v) is 22.1. The van der Waals surface area contributed by atoms with Crippen LogP contribution in [0.4, 0.5) is 0 Å². The molecule has 32 heavy (non-hydrogen) atoms. The predicted molar refractivity (Wildman–Crippen MR) is 143 cm³/mol. The molecule has 0 amide bonds. The molecule has 0 spiro atoms. The van der Waals surface area contributed by atoms with Crippen LogP contribution in [0.25, 0.3) is 0 Å². The summed E-state index contributed by atoms with van der Waals surface area (Å²) in [7, 11) is 0.142. The molecule has 0 saturated heterocycles. The summed E-state index contributed by atoms with van der Waals surface area (Å²) >= 11 is 0. The van der Waals surface area contributed by atoms with Crippen molar-refractivity contribution in [2.75, 3.05) is 7.05 Å². The van der Waals surface area contributed by atoms with Crippen molar-refractivity contribution in [1.82, 2.24) is 4.31 Å². The summed E-state index contributed by atoms with van der Waals surface area (Å²) < 4.78 is 15.3. The van der Waals surface area contributed by atoms with Gasteiger partial charge < -0.3 is 0 Å². The van der Waals surface area contributed by atoms with Crippen molar-refractivity contribution in [2.24, 2.45) is 5.41 Å². The minimum absolute atomic E-state index is 0.0104. The summed E-state index contributed by atoms with van der Waals surface area (Å²) in [6.07, 6.45) is 0. The predicted octanol–water partition coefficient (Wildman–Crippen LogP) is 5.93. The number of hydrogen-bond donors (Lipinski definition) is 0. The van der Waals surface area contributed by atoms with Crippen LogP contribution < -0.4 is 15.9 Å². The molecule has 2 atom stereocenters. The van der Waals surface area contributed by atoms with E-state index in [0.29, 0.717) is 0 Å². The van der Waals surface area contributed by atoms with Gasteiger partial charge in [-0.2, -0.15) is 0 Å². The Morgan fingerprint density at radius 2 is 1.16 bits per heavy atom. The molecule has 0 heterocycles.